The Labute approximate surface area is 660 Å². The summed E-state index contributed by atoms with van der Waals surface area (Å²) in [4.78, 5) is 14.2. The summed E-state index contributed by atoms with van der Waals surface area (Å²) in [5, 5.41) is 32.2. The highest BCUT2D eigenvalue weighted by molar-refractivity contribution is 7.20. The third kappa shape index (κ3) is 17.9. The topological polar surface area (TPSA) is 76.3 Å². The molecule has 0 amide bonds. The van der Waals surface area contributed by atoms with E-state index in [-0.39, 0.29) is 52.5 Å². The smallest absolute Gasteiger partial charge is 0.115 e. The molecule has 0 fully saturated rings. The normalized spacial score (nSPS) is 19.1. The Bertz CT molecular complexity index is 5170. The van der Waals surface area contributed by atoms with E-state index in [1.165, 1.54) is 118 Å². The second kappa shape index (κ2) is 32.8. The lowest BCUT2D eigenvalue weighted by Crippen LogP contribution is -2.45. The van der Waals surface area contributed by atoms with Crippen LogP contribution in [0.1, 0.15) is 210 Å². The fraction of sp³-hybridized carbons (Fsp3) is 0.381. The number of hydrogen-bond acceptors (Lipinski definition) is 12. The molecule has 11 aromatic rings. The van der Waals surface area contributed by atoms with Gasteiger partial charge in [0.15, 0.2) is 0 Å². The fourth-order valence-electron chi connectivity index (χ4n) is 14.5. The van der Waals surface area contributed by atoms with Crippen LogP contribution in [0.5, 0.6) is 0 Å². The maximum Gasteiger partial charge on any atom is 0.115 e. The summed E-state index contributed by atoms with van der Waals surface area (Å²) in [6, 6.07) is 63.6. The first-order valence-electron chi connectivity index (χ1n) is 39.5. The third-order valence-electron chi connectivity index (χ3n) is 23.4. The highest BCUT2D eigenvalue weighted by atomic mass is 32.1. The van der Waals surface area contributed by atoms with Crippen molar-refractivity contribution in [2.75, 3.05) is 35.2 Å². The van der Waals surface area contributed by atoms with Crippen molar-refractivity contribution in [3.63, 3.8) is 0 Å². The van der Waals surface area contributed by atoms with E-state index in [2.05, 4.69) is 442 Å². The van der Waals surface area contributed by atoms with Gasteiger partial charge in [0.25, 0.3) is 0 Å². The number of hydrogen-bond donors (Lipinski definition) is 5. The van der Waals surface area contributed by atoms with Gasteiger partial charge >= 0.3 is 0 Å². The lowest BCUT2D eigenvalue weighted by Gasteiger charge is -2.38. The van der Waals surface area contributed by atoms with Crippen LogP contribution < -0.4 is 26.6 Å². The molecule has 0 radical (unpaired) electrons. The zero-order valence-electron chi connectivity index (χ0n) is 69.3. The highest BCUT2D eigenvalue weighted by Gasteiger charge is 2.34. The minimum atomic E-state index is 0.221. The summed E-state index contributed by atoms with van der Waals surface area (Å²) in [6.45, 7) is 40.9. The summed E-state index contributed by atoms with van der Waals surface area (Å²) in [7, 11) is 10.7. The molecule has 572 valence electrons. The molecule has 109 heavy (non-hydrogen) atoms. The van der Waals surface area contributed by atoms with Crippen LogP contribution in [0.4, 0.5) is 0 Å². The molecule has 0 saturated heterocycles. The first-order valence-corrected chi connectivity index (χ1v) is 41.1. The van der Waals surface area contributed by atoms with E-state index in [0.717, 1.165) is 0 Å². The van der Waals surface area contributed by atoms with Gasteiger partial charge in [-0.15, -0.1) is 22.7 Å². The van der Waals surface area contributed by atoms with Crippen LogP contribution in [-0.2, 0) is 0 Å². The highest BCUT2D eigenvalue weighted by Crippen LogP contribution is 2.46. The van der Waals surface area contributed by atoms with Crippen molar-refractivity contribution in [1.82, 2.24) is 51.1 Å². The maximum atomic E-state index is 3.86. The number of nitrogens with zero attached hydrogens (tertiary/aromatic N) is 5. The lowest BCUT2D eigenvalue weighted by molar-refractivity contribution is 0.192. The van der Waals surface area contributed by atoms with Gasteiger partial charge in [0.1, 0.15) is 30.8 Å². The summed E-state index contributed by atoms with van der Waals surface area (Å²) >= 11 is 3.85. The van der Waals surface area contributed by atoms with Gasteiger partial charge in [0, 0.05) is 128 Å². The second-order valence-electron chi connectivity index (χ2n) is 35.6. The molecule has 16 rings (SSSR count). The average Bonchev–Trinajstić information content (AvgIpc) is 1.57. The fourth-order valence-corrected chi connectivity index (χ4v) is 17.1. The van der Waals surface area contributed by atoms with Crippen LogP contribution in [-0.4, -0.2) is 89.9 Å². The van der Waals surface area contributed by atoms with Crippen molar-refractivity contribution in [1.29, 1.82) is 0 Å². The first-order chi connectivity index (χ1) is 51.6. The minimum Gasteiger partial charge on any atom is -0.361 e. The van der Waals surface area contributed by atoms with Crippen molar-refractivity contribution < 1.29 is 0 Å². The van der Waals surface area contributed by atoms with Crippen molar-refractivity contribution in [2.45, 2.75) is 186 Å². The molecule has 0 bridgehead atoms. The molecule has 7 heterocycles. The van der Waals surface area contributed by atoms with Gasteiger partial charge in [-0.1, -0.05) is 223 Å². The van der Waals surface area contributed by atoms with Crippen molar-refractivity contribution in [2.24, 2.45) is 21.7 Å². The third-order valence-corrected chi connectivity index (χ3v) is 25.8. The second-order valence-corrected chi connectivity index (χ2v) is 37.8. The summed E-state index contributed by atoms with van der Waals surface area (Å²) in [5.41, 5.74) is 11.8. The van der Waals surface area contributed by atoms with Crippen molar-refractivity contribution in [3.05, 3.63) is 255 Å². The molecule has 5 aliphatic rings. The van der Waals surface area contributed by atoms with Gasteiger partial charge in [0.05, 0.1) is 9.75 Å². The van der Waals surface area contributed by atoms with Crippen molar-refractivity contribution >= 4 is 116 Å². The van der Waals surface area contributed by atoms with Gasteiger partial charge in [-0.05, 0) is 200 Å². The quantitative estimate of drug-likeness (QED) is 0.0914. The zero-order valence-corrected chi connectivity index (χ0v) is 70.9. The molecule has 12 heteroatoms. The Morgan fingerprint density at radius 1 is 0.294 bits per heavy atom. The van der Waals surface area contributed by atoms with Gasteiger partial charge < -0.3 is 24.5 Å². The number of rotatable bonds is 10. The maximum absolute atomic E-state index is 3.86. The SMILES string of the molecule is CC(C)NC1c2ccc3ccccc3c2C=CN1C.C[C@@H](NC1c2cc3ccccc3cc2C=CN1C)C(C)(C)C.C[C@@H](NC1c2ccccc2C=CN1C)C(C)(C)C.C[C@@H](NC1c2sc3cc4ccccc4cc3c2C=CN1C)C(C)(C)C.C[C@@H](NC1c2sc3ccc4ccccc4c3c2C=CN1C)C(C)(C)C. The van der Waals surface area contributed by atoms with Gasteiger partial charge in [-0.25, -0.2) is 0 Å². The number of thiophene rings is 2. The summed E-state index contributed by atoms with van der Waals surface area (Å²) in [5.74, 6) is 0. The lowest BCUT2D eigenvalue weighted by atomic mass is 9.87. The average molecular weight is 1490 g/mol. The molecule has 5 N–H and O–H groups in total. The predicted octanol–water partition coefficient (Wildman–Crippen LogP) is 24.1. The first kappa shape index (κ1) is 80.0. The van der Waals surface area contributed by atoms with Crippen LogP contribution in [0, 0.1) is 21.7 Å². The standard InChI is InChI=1S/2C22H26N2S.C20H26N2.C17H20N2.C16H24N2/c1-14(22(2,3)4)23-21-20-17(10-11-24(21)5)18-12-15-8-6-7-9-16(15)13-19(18)25-20;1-14(22(2,3)4)23-21-20-17(12-13-24(21)5)19-16-9-7-6-8-15(16)10-11-18(19)25-20;1-14(20(2,3)4)21-19-18-13-16-9-7-6-8-15(16)12-17(18)10-11-22(19)5;1-12(2)18-17-16-9-8-13-6-4-5-7-14(13)15(16)10-11-19(17)3;1-12(16(2,3)4)17-15-14-9-7-6-8-13(14)10-11-18(15)5/h2*6-14,21,23H,1-5H3;6-14,19,21H,1-5H3;4-12,17-18H,1-3H3;6-12,15,17H,1-5H3/t2*14-,21?;14-,19?;;12-,15?/m111.1/s1. The van der Waals surface area contributed by atoms with E-state index in [1.807, 2.05) is 22.7 Å². The van der Waals surface area contributed by atoms with E-state index in [9.17, 15) is 0 Å². The number of benzene rings is 9. The van der Waals surface area contributed by atoms with Crippen molar-refractivity contribution in [3.8, 4) is 0 Å². The molecule has 0 saturated carbocycles. The van der Waals surface area contributed by atoms with Gasteiger partial charge in [0.2, 0.25) is 0 Å². The van der Waals surface area contributed by atoms with Crippen LogP contribution >= 0.6 is 22.7 Å². The van der Waals surface area contributed by atoms with E-state index in [4.69, 9.17) is 0 Å². The van der Waals surface area contributed by atoms with E-state index >= 15 is 0 Å². The molecule has 0 spiro atoms. The summed E-state index contributed by atoms with van der Waals surface area (Å²) in [6.07, 6.45) is 23.2. The summed E-state index contributed by atoms with van der Waals surface area (Å²) < 4.78 is 2.75. The molecule has 10 nitrogen and oxygen atoms in total. The molecular formula is C97H122N10S2. The predicted molar refractivity (Wildman–Crippen MR) is 477 cm³/mol. The van der Waals surface area contributed by atoms with Gasteiger partial charge in [-0.2, -0.15) is 0 Å². The molecule has 2 aromatic heterocycles. The molecule has 0 aliphatic carbocycles. The molecule has 9 atom stereocenters. The van der Waals surface area contributed by atoms with Gasteiger partial charge in [-0.3, -0.25) is 26.6 Å². The van der Waals surface area contributed by atoms with E-state index in [1.54, 1.807) is 0 Å². The number of fused-ring (bicyclic) bond motifs is 15. The molecule has 9 aromatic carbocycles. The molecule has 5 aliphatic heterocycles. The Morgan fingerprint density at radius 2 is 0.670 bits per heavy atom. The zero-order chi connectivity index (χ0) is 78.2. The van der Waals surface area contributed by atoms with Crippen LogP contribution in [0.3, 0.4) is 0 Å². The number of nitrogens with one attached hydrogen (secondary N) is 5. The monoisotopic (exact) mass is 1490 g/mol. The largest absolute Gasteiger partial charge is 0.361 e. The molecular weight excluding hydrogens is 1370 g/mol. The Kier molecular flexibility index (Phi) is 24.1. The molecule has 5 unspecified atom stereocenters. The minimum absolute atomic E-state index is 0.221. The van der Waals surface area contributed by atoms with Crippen LogP contribution in [0.15, 0.2) is 201 Å². The Hall–Kier alpha value is -8.56. The van der Waals surface area contributed by atoms with Crippen LogP contribution in [0.2, 0.25) is 0 Å². The van der Waals surface area contributed by atoms with Crippen LogP contribution in [0.25, 0.3) is 93.6 Å². The van der Waals surface area contributed by atoms with E-state index < -0.39 is 0 Å². The van der Waals surface area contributed by atoms with E-state index in [0.29, 0.717) is 30.2 Å². The Morgan fingerprint density at radius 3 is 1.21 bits per heavy atom. The Balaban J connectivity index is 0.000000128.